The number of thiophene rings is 1. The Morgan fingerprint density at radius 1 is 1.00 bits per heavy atom. The first-order valence-electron chi connectivity index (χ1n) is 8.69. The van der Waals surface area contributed by atoms with Gasteiger partial charge in [-0.25, -0.2) is 9.78 Å². The quantitative estimate of drug-likeness (QED) is 0.429. The Bertz CT molecular complexity index is 1210. The number of halogens is 3. The fraction of sp³-hybridized carbons (Fsp3) is 0.0909. The summed E-state index contributed by atoms with van der Waals surface area (Å²) in [6, 6.07) is 18.2. The van der Waals surface area contributed by atoms with E-state index >= 15 is 0 Å². The van der Waals surface area contributed by atoms with Gasteiger partial charge in [0.2, 0.25) is 0 Å². The van der Waals surface area contributed by atoms with Crippen molar-refractivity contribution in [1.82, 2.24) is 4.98 Å². The molecule has 146 valence electrons. The predicted octanol–water partition coefficient (Wildman–Crippen LogP) is 6.27. The Morgan fingerprint density at radius 2 is 1.76 bits per heavy atom. The zero-order valence-corrected chi connectivity index (χ0v) is 15.7. The Kier molecular flexibility index (Phi) is 4.84. The van der Waals surface area contributed by atoms with Gasteiger partial charge in [0.1, 0.15) is 5.69 Å². The number of carboxylic acids is 1. The van der Waals surface area contributed by atoms with Gasteiger partial charge < -0.3 is 5.11 Å². The van der Waals surface area contributed by atoms with E-state index in [4.69, 9.17) is 0 Å². The van der Waals surface area contributed by atoms with E-state index in [9.17, 15) is 23.1 Å². The summed E-state index contributed by atoms with van der Waals surface area (Å²) in [5, 5.41) is 10.2. The van der Waals surface area contributed by atoms with Gasteiger partial charge >= 0.3 is 12.1 Å². The Hall–Kier alpha value is -3.19. The Balaban J connectivity index is 1.72. The fourth-order valence-electron chi connectivity index (χ4n) is 3.19. The number of benzene rings is 2. The van der Waals surface area contributed by atoms with Crippen molar-refractivity contribution in [3.05, 3.63) is 88.6 Å². The molecule has 0 aliphatic rings. The minimum atomic E-state index is -4.47. The highest BCUT2D eigenvalue weighted by Gasteiger charge is 2.32. The molecule has 0 unspecified atom stereocenters. The molecule has 2 aromatic heterocycles. The molecule has 2 heterocycles. The smallest absolute Gasteiger partial charge is 0.433 e. The molecule has 4 rings (SSSR count). The lowest BCUT2D eigenvalue weighted by Gasteiger charge is -2.06. The van der Waals surface area contributed by atoms with Gasteiger partial charge in [0.15, 0.2) is 0 Å². The number of pyridine rings is 1. The van der Waals surface area contributed by atoms with E-state index < -0.39 is 17.8 Å². The number of nitrogens with zero attached hydrogens (tertiary/aromatic N) is 1. The highest BCUT2D eigenvalue weighted by Crippen LogP contribution is 2.35. The molecule has 0 atom stereocenters. The lowest BCUT2D eigenvalue weighted by Crippen LogP contribution is -2.09. The second-order valence-electron chi connectivity index (χ2n) is 6.50. The van der Waals surface area contributed by atoms with Crippen LogP contribution in [-0.4, -0.2) is 16.1 Å². The standard InChI is InChI=1S/C22H14F3NO2S/c23-22(24,25)20-9-2-6-15(26-20)11-16-12-18-17(7-3-8-19(18)29-16)13-4-1-5-14(10-13)21(27)28/h1-10,12H,11H2,(H,27,28). The van der Waals surface area contributed by atoms with Crippen molar-refractivity contribution < 1.29 is 23.1 Å². The van der Waals surface area contributed by atoms with Gasteiger partial charge in [-0.05, 0) is 47.5 Å². The maximum absolute atomic E-state index is 12.9. The van der Waals surface area contributed by atoms with Crippen LogP contribution in [0.2, 0.25) is 0 Å². The normalized spacial score (nSPS) is 11.7. The van der Waals surface area contributed by atoms with E-state index in [0.717, 1.165) is 32.2 Å². The molecule has 0 spiro atoms. The molecule has 0 fully saturated rings. The maximum Gasteiger partial charge on any atom is 0.433 e. The molecule has 0 bridgehead atoms. The zero-order chi connectivity index (χ0) is 20.6. The number of rotatable bonds is 4. The van der Waals surface area contributed by atoms with E-state index in [-0.39, 0.29) is 12.0 Å². The fourth-order valence-corrected chi connectivity index (χ4v) is 4.29. The van der Waals surface area contributed by atoms with E-state index in [2.05, 4.69) is 4.98 Å². The third kappa shape index (κ3) is 4.00. The van der Waals surface area contributed by atoms with Crippen LogP contribution in [0.4, 0.5) is 13.2 Å². The van der Waals surface area contributed by atoms with Crippen molar-refractivity contribution in [2.24, 2.45) is 0 Å². The molecule has 0 aliphatic carbocycles. The number of hydrogen-bond donors (Lipinski definition) is 1. The number of alkyl halides is 3. The number of carboxylic acid groups (broad SMARTS) is 1. The third-order valence-corrected chi connectivity index (χ3v) is 5.59. The first-order chi connectivity index (χ1) is 13.8. The van der Waals surface area contributed by atoms with Crippen molar-refractivity contribution in [2.75, 3.05) is 0 Å². The average Bonchev–Trinajstić information content (AvgIpc) is 3.10. The van der Waals surface area contributed by atoms with Gasteiger partial charge in [-0.1, -0.05) is 30.3 Å². The summed E-state index contributed by atoms with van der Waals surface area (Å²) in [5.74, 6) is -0.999. The van der Waals surface area contributed by atoms with Crippen LogP contribution in [0.15, 0.2) is 66.7 Å². The molecule has 0 amide bonds. The maximum atomic E-state index is 12.9. The van der Waals surface area contributed by atoms with Crippen molar-refractivity contribution in [2.45, 2.75) is 12.6 Å². The highest BCUT2D eigenvalue weighted by molar-refractivity contribution is 7.19. The van der Waals surface area contributed by atoms with Gasteiger partial charge in [0, 0.05) is 27.1 Å². The predicted molar refractivity (Wildman–Crippen MR) is 106 cm³/mol. The van der Waals surface area contributed by atoms with E-state index in [1.54, 1.807) is 18.2 Å². The van der Waals surface area contributed by atoms with Crippen molar-refractivity contribution >= 4 is 27.4 Å². The summed E-state index contributed by atoms with van der Waals surface area (Å²) in [7, 11) is 0. The van der Waals surface area contributed by atoms with E-state index in [0.29, 0.717) is 5.69 Å². The third-order valence-electron chi connectivity index (χ3n) is 4.49. The summed E-state index contributed by atoms with van der Waals surface area (Å²) in [6.07, 6.45) is -4.18. The highest BCUT2D eigenvalue weighted by atomic mass is 32.1. The van der Waals surface area contributed by atoms with Crippen molar-refractivity contribution in [3.63, 3.8) is 0 Å². The van der Waals surface area contributed by atoms with Crippen molar-refractivity contribution in [1.29, 1.82) is 0 Å². The molecule has 4 aromatic rings. The first-order valence-corrected chi connectivity index (χ1v) is 9.51. The van der Waals surface area contributed by atoms with Crippen LogP contribution in [0.3, 0.4) is 0 Å². The number of fused-ring (bicyclic) bond motifs is 1. The number of aromatic carboxylic acids is 1. The van der Waals surface area contributed by atoms with Gasteiger partial charge in [-0.15, -0.1) is 11.3 Å². The van der Waals surface area contributed by atoms with E-state index in [1.807, 2.05) is 30.3 Å². The molecule has 7 heteroatoms. The lowest BCUT2D eigenvalue weighted by atomic mass is 10.00. The second-order valence-corrected chi connectivity index (χ2v) is 7.67. The van der Waals surface area contributed by atoms with Gasteiger partial charge in [0.25, 0.3) is 0 Å². The summed E-state index contributed by atoms with van der Waals surface area (Å²) < 4.78 is 39.7. The summed E-state index contributed by atoms with van der Waals surface area (Å²) in [5.41, 5.74) is 1.30. The molecule has 0 radical (unpaired) electrons. The van der Waals surface area contributed by atoms with Crippen LogP contribution in [0.5, 0.6) is 0 Å². The van der Waals surface area contributed by atoms with Crippen LogP contribution >= 0.6 is 11.3 Å². The zero-order valence-electron chi connectivity index (χ0n) is 14.9. The topological polar surface area (TPSA) is 50.2 Å². The van der Waals surface area contributed by atoms with Crippen molar-refractivity contribution in [3.8, 4) is 11.1 Å². The van der Waals surface area contributed by atoms with Crippen LogP contribution in [0.1, 0.15) is 26.6 Å². The van der Waals surface area contributed by atoms with Gasteiger partial charge in [-0.3, -0.25) is 0 Å². The summed E-state index contributed by atoms with van der Waals surface area (Å²) >= 11 is 1.49. The first kappa shape index (κ1) is 19.1. The summed E-state index contributed by atoms with van der Waals surface area (Å²) in [4.78, 5) is 15.9. The second kappa shape index (κ2) is 7.33. The molecular weight excluding hydrogens is 399 g/mol. The molecular formula is C22H14F3NO2S. The van der Waals surface area contributed by atoms with Crippen LogP contribution < -0.4 is 0 Å². The number of hydrogen-bond acceptors (Lipinski definition) is 3. The van der Waals surface area contributed by atoms with Crippen LogP contribution in [-0.2, 0) is 12.6 Å². The monoisotopic (exact) mass is 413 g/mol. The molecule has 0 saturated heterocycles. The Morgan fingerprint density at radius 3 is 2.52 bits per heavy atom. The van der Waals surface area contributed by atoms with Crippen LogP contribution in [0.25, 0.3) is 21.2 Å². The molecule has 1 N–H and O–H groups in total. The SMILES string of the molecule is O=C(O)c1cccc(-c2cccc3sc(Cc4cccc(C(F)(F)F)n4)cc23)c1. The van der Waals surface area contributed by atoms with Gasteiger partial charge in [0.05, 0.1) is 5.56 Å². The molecule has 0 saturated carbocycles. The minimum Gasteiger partial charge on any atom is -0.478 e. The number of carbonyl (C=O) groups is 1. The molecule has 0 aliphatic heterocycles. The van der Waals surface area contributed by atoms with Crippen LogP contribution in [0, 0.1) is 0 Å². The molecule has 29 heavy (non-hydrogen) atoms. The largest absolute Gasteiger partial charge is 0.478 e. The average molecular weight is 413 g/mol. The molecule has 3 nitrogen and oxygen atoms in total. The minimum absolute atomic E-state index is 0.197. The Labute approximate surface area is 168 Å². The van der Waals surface area contributed by atoms with Gasteiger partial charge in [-0.2, -0.15) is 13.2 Å². The molecule has 2 aromatic carbocycles. The lowest BCUT2D eigenvalue weighted by molar-refractivity contribution is -0.141. The van der Waals surface area contributed by atoms with E-state index in [1.165, 1.54) is 23.5 Å². The number of aromatic nitrogens is 1. The summed E-state index contributed by atoms with van der Waals surface area (Å²) in [6.45, 7) is 0.